The van der Waals surface area contributed by atoms with Crippen LogP contribution in [0.25, 0.3) is 22.5 Å². The molecular weight excluding hydrogens is 390 g/mol. The third-order valence-corrected chi connectivity index (χ3v) is 5.52. The van der Waals surface area contributed by atoms with E-state index in [2.05, 4.69) is 56.8 Å². The smallest absolute Gasteiger partial charge is 0.299 e. The Morgan fingerprint density at radius 1 is 1.03 bits per heavy atom. The van der Waals surface area contributed by atoms with Crippen LogP contribution in [0, 0.1) is 0 Å². The van der Waals surface area contributed by atoms with Crippen LogP contribution in [-0.2, 0) is 19.5 Å². The van der Waals surface area contributed by atoms with Gasteiger partial charge in [0.25, 0.3) is 0 Å². The molecule has 0 radical (unpaired) electrons. The largest absolute Gasteiger partial charge is 0.328 e. The maximum atomic E-state index is 12.8. The van der Waals surface area contributed by atoms with Crippen molar-refractivity contribution in [2.24, 2.45) is 0 Å². The highest BCUT2D eigenvalue weighted by molar-refractivity contribution is 5.79. The van der Waals surface area contributed by atoms with Gasteiger partial charge in [0.15, 0.2) is 0 Å². The van der Waals surface area contributed by atoms with Crippen molar-refractivity contribution in [2.45, 2.75) is 52.6 Å². The van der Waals surface area contributed by atoms with Crippen LogP contribution >= 0.6 is 0 Å². The molecule has 0 bridgehead atoms. The first kappa shape index (κ1) is 20.7. The second-order valence-electron chi connectivity index (χ2n) is 7.59. The molecule has 31 heavy (non-hydrogen) atoms. The third kappa shape index (κ3) is 4.47. The van der Waals surface area contributed by atoms with E-state index in [1.165, 1.54) is 12.8 Å². The van der Waals surface area contributed by atoms with E-state index in [9.17, 15) is 4.79 Å². The van der Waals surface area contributed by atoms with Crippen LogP contribution in [0.2, 0.25) is 0 Å². The molecule has 0 aliphatic carbocycles. The van der Waals surface area contributed by atoms with Crippen LogP contribution in [0.3, 0.4) is 0 Å². The average Bonchev–Trinajstić information content (AvgIpc) is 3.44. The molecule has 1 N–H and O–H groups in total. The molecule has 4 aromatic rings. The number of benzene rings is 1. The topological polar surface area (TPSA) is 94.3 Å². The zero-order valence-electron chi connectivity index (χ0n) is 18.0. The summed E-state index contributed by atoms with van der Waals surface area (Å²) in [6.07, 6.45) is 9.90. The van der Waals surface area contributed by atoms with E-state index in [0.717, 1.165) is 40.8 Å². The third-order valence-electron chi connectivity index (χ3n) is 5.52. The van der Waals surface area contributed by atoms with Crippen molar-refractivity contribution < 1.29 is 0 Å². The fourth-order valence-corrected chi connectivity index (χ4v) is 3.80. The number of nitrogens with one attached hydrogen (secondary N) is 1. The SMILES string of the molecule is CCCCCc1cn(CC)c(=O)n1Cc1ccc(-c2cnccc2-c2nn[nH]n2)cc1. The van der Waals surface area contributed by atoms with E-state index in [0.29, 0.717) is 18.9 Å². The molecule has 3 aromatic heterocycles. The summed E-state index contributed by atoms with van der Waals surface area (Å²) in [5.41, 5.74) is 5.07. The first-order valence-corrected chi connectivity index (χ1v) is 10.8. The normalized spacial score (nSPS) is 11.2. The molecule has 0 saturated heterocycles. The Bertz CT molecular complexity index is 1170. The van der Waals surface area contributed by atoms with Crippen molar-refractivity contribution >= 4 is 0 Å². The van der Waals surface area contributed by atoms with Crippen LogP contribution in [-0.4, -0.2) is 34.7 Å². The lowest BCUT2D eigenvalue weighted by molar-refractivity contribution is 0.638. The van der Waals surface area contributed by atoms with E-state index in [1.54, 1.807) is 17.0 Å². The summed E-state index contributed by atoms with van der Waals surface area (Å²) in [5, 5.41) is 14.3. The second kappa shape index (κ2) is 9.51. The predicted octanol–water partition coefficient (Wildman–Crippen LogP) is 3.69. The van der Waals surface area contributed by atoms with Crippen molar-refractivity contribution in [2.75, 3.05) is 0 Å². The lowest BCUT2D eigenvalue weighted by Crippen LogP contribution is -2.25. The van der Waals surface area contributed by atoms with Crippen molar-refractivity contribution in [3.63, 3.8) is 0 Å². The van der Waals surface area contributed by atoms with E-state index >= 15 is 0 Å². The number of aromatic amines is 1. The van der Waals surface area contributed by atoms with Gasteiger partial charge in [-0.1, -0.05) is 44.0 Å². The number of nitrogens with zero attached hydrogens (tertiary/aromatic N) is 6. The number of hydrogen-bond acceptors (Lipinski definition) is 5. The van der Waals surface area contributed by atoms with Crippen LogP contribution in [0.1, 0.15) is 44.4 Å². The van der Waals surface area contributed by atoms with Crippen LogP contribution in [0.5, 0.6) is 0 Å². The van der Waals surface area contributed by atoms with Gasteiger partial charge in [0.05, 0.1) is 6.54 Å². The van der Waals surface area contributed by atoms with Gasteiger partial charge in [-0.3, -0.25) is 14.1 Å². The van der Waals surface area contributed by atoms with Crippen molar-refractivity contribution in [3.8, 4) is 22.5 Å². The Kier molecular flexibility index (Phi) is 6.35. The van der Waals surface area contributed by atoms with Gasteiger partial charge < -0.3 is 0 Å². The van der Waals surface area contributed by atoms with Crippen LogP contribution in [0.4, 0.5) is 0 Å². The Hall–Kier alpha value is -3.55. The van der Waals surface area contributed by atoms with E-state index in [4.69, 9.17) is 0 Å². The Balaban J connectivity index is 1.60. The number of imidazole rings is 1. The van der Waals surface area contributed by atoms with Crippen LogP contribution < -0.4 is 5.69 Å². The van der Waals surface area contributed by atoms with Crippen molar-refractivity contribution in [3.05, 3.63) is 70.7 Å². The molecule has 0 amide bonds. The molecule has 0 saturated carbocycles. The molecular formula is C23H27N7O. The number of hydrogen-bond donors (Lipinski definition) is 1. The van der Waals surface area contributed by atoms with Gasteiger partial charge in [-0.2, -0.15) is 5.21 Å². The number of tetrazole rings is 1. The van der Waals surface area contributed by atoms with Gasteiger partial charge in [0.1, 0.15) is 0 Å². The number of pyridine rings is 1. The lowest BCUT2D eigenvalue weighted by Gasteiger charge is -2.10. The van der Waals surface area contributed by atoms with Gasteiger partial charge in [-0.05, 0) is 42.2 Å². The van der Waals surface area contributed by atoms with Gasteiger partial charge in [0.2, 0.25) is 5.82 Å². The van der Waals surface area contributed by atoms with Gasteiger partial charge in [-0.15, -0.1) is 10.2 Å². The first-order chi connectivity index (χ1) is 15.2. The standard InChI is InChI=1S/C23H27N7O/c1-3-5-6-7-19-16-29(4-2)23(31)30(19)15-17-8-10-18(11-9-17)21-14-24-13-12-20(21)22-25-27-28-26-22/h8-14,16H,3-7,15H2,1-2H3,(H,25,26,27,28). The number of aryl methyl sites for hydroxylation is 2. The quantitative estimate of drug-likeness (QED) is 0.419. The monoisotopic (exact) mass is 417 g/mol. The van der Waals surface area contributed by atoms with E-state index in [-0.39, 0.29) is 5.69 Å². The van der Waals surface area contributed by atoms with Crippen molar-refractivity contribution in [1.82, 2.24) is 34.7 Å². The molecule has 0 aliphatic heterocycles. The summed E-state index contributed by atoms with van der Waals surface area (Å²) in [6, 6.07) is 10.1. The summed E-state index contributed by atoms with van der Waals surface area (Å²) >= 11 is 0. The first-order valence-electron chi connectivity index (χ1n) is 10.8. The highest BCUT2D eigenvalue weighted by Gasteiger charge is 2.13. The fourth-order valence-electron chi connectivity index (χ4n) is 3.80. The molecule has 3 heterocycles. The Morgan fingerprint density at radius 3 is 2.58 bits per heavy atom. The Morgan fingerprint density at radius 2 is 1.87 bits per heavy atom. The number of rotatable bonds is 9. The van der Waals surface area contributed by atoms with E-state index < -0.39 is 0 Å². The van der Waals surface area contributed by atoms with Gasteiger partial charge in [-0.25, -0.2) is 4.79 Å². The fraction of sp³-hybridized carbons (Fsp3) is 0.348. The highest BCUT2D eigenvalue weighted by atomic mass is 16.1. The molecule has 160 valence electrons. The number of aromatic nitrogens is 7. The minimum Gasteiger partial charge on any atom is -0.299 e. The molecule has 4 rings (SSSR count). The molecule has 0 aliphatic rings. The molecule has 8 nitrogen and oxygen atoms in total. The maximum absolute atomic E-state index is 12.8. The lowest BCUT2D eigenvalue weighted by atomic mass is 10.0. The predicted molar refractivity (Wildman–Crippen MR) is 120 cm³/mol. The second-order valence-corrected chi connectivity index (χ2v) is 7.59. The van der Waals surface area contributed by atoms with Gasteiger partial charge >= 0.3 is 5.69 Å². The number of H-pyrrole nitrogens is 1. The highest BCUT2D eigenvalue weighted by Crippen LogP contribution is 2.29. The van der Waals surface area contributed by atoms with E-state index in [1.807, 2.05) is 23.8 Å². The molecule has 0 spiro atoms. The zero-order chi connectivity index (χ0) is 21.6. The minimum atomic E-state index is 0.0599. The maximum Gasteiger partial charge on any atom is 0.328 e. The van der Waals surface area contributed by atoms with Crippen LogP contribution in [0.15, 0.2) is 53.7 Å². The number of unbranched alkanes of at least 4 members (excludes halogenated alkanes) is 2. The summed E-state index contributed by atoms with van der Waals surface area (Å²) in [6.45, 7) is 5.45. The molecule has 8 heteroatoms. The zero-order valence-corrected chi connectivity index (χ0v) is 18.0. The molecule has 0 fully saturated rings. The molecule has 0 unspecified atom stereocenters. The van der Waals surface area contributed by atoms with Crippen molar-refractivity contribution in [1.29, 1.82) is 0 Å². The minimum absolute atomic E-state index is 0.0599. The average molecular weight is 418 g/mol. The summed E-state index contributed by atoms with van der Waals surface area (Å²) in [4.78, 5) is 17.1. The molecule has 0 atom stereocenters. The summed E-state index contributed by atoms with van der Waals surface area (Å²) < 4.78 is 3.70. The summed E-state index contributed by atoms with van der Waals surface area (Å²) in [7, 11) is 0. The Labute approximate surface area is 181 Å². The summed E-state index contributed by atoms with van der Waals surface area (Å²) in [5.74, 6) is 0.533. The van der Waals surface area contributed by atoms with Gasteiger partial charge in [0, 0.05) is 42.0 Å². The molecule has 1 aromatic carbocycles.